The molecule has 0 radical (unpaired) electrons. The van der Waals surface area contributed by atoms with Gasteiger partial charge in [0, 0.05) is 17.2 Å². The first kappa shape index (κ1) is 18.7. The number of phenolic OH excluding ortho intramolecular Hbond substituents is 1. The number of aromatic hydroxyl groups is 1. The number of ether oxygens (including phenoxy) is 1. The van der Waals surface area contributed by atoms with Crippen molar-refractivity contribution in [2.45, 2.75) is 26.9 Å². The van der Waals surface area contributed by atoms with E-state index in [-0.39, 0.29) is 11.9 Å². The molecular weight excluding hydrogens is 356 g/mol. The summed E-state index contributed by atoms with van der Waals surface area (Å²) in [5.74, 6) is 0.673. The molecule has 0 bridgehead atoms. The highest BCUT2D eigenvalue weighted by molar-refractivity contribution is 7.71. The average molecular weight is 376 g/mol. The fraction of sp³-hybridized carbons (Fsp3) is 0.182. The van der Waals surface area contributed by atoms with E-state index in [0.717, 1.165) is 16.7 Å². The Morgan fingerprint density at radius 1 is 1.07 bits per heavy atom. The Kier molecular flexibility index (Phi) is 5.29. The average Bonchev–Trinajstić information content (AvgIpc) is 2.62. The van der Waals surface area contributed by atoms with Crippen LogP contribution in [-0.2, 0) is 0 Å². The minimum absolute atomic E-state index is 0.0130. The molecule has 1 heterocycles. The number of nitriles is 1. The molecule has 0 saturated heterocycles. The lowest BCUT2D eigenvalue weighted by Gasteiger charge is -2.15. The number of nitrogens with one attached hydrogen (secondary N) is 1. The Hall–Kier alpha value is -3.10. The van der Waals surface area contributed by atoms with Gasteiger partial charge in [-0.3, -0.25) is 0 Å². The van der Waals surface area contributed by atoms with Gasteiger partial charge >= 0.3 is 0 Å². The zero-order valence-corrected chi connectivity index (χ0v) is 16.2. The van der Waals surface area contributed by atoms with E-state index in [4.69, 9.17) is 17.0 Å². The predicted octanol–water partition coefficient (Wildman–Crippen LogP) is 5.75. The Balaban J connectivity index is 2.20. The van der Waals surface area contributed by atoms with Gasteiger partial charge in [-0.05, 0) is 44.5 Å². The highest BCUT2D eigenvalue weighted by atomic mass is 32.1. The van der Waals surface area contributed by atoms with Crippen molar-refractivity contribution in [3.8, 4) is 40.0 Å². The van der Waals surface area contributed by atoms with Crippen LogP contribution in [0.1, 0.15) is 25.0 Å². The molecule has 1 aromatic heterocycles. The van der Waals surface area contributed by atoms with Crippen molar-refractivity contribution in [2.24, 2.45) is 0 Å². The summed E-state index contributed by atoms with van der Waals surface area (Å²) in [6.45, 7) is 5.87. The quantitative estimate of drug-likeness (QED) is 0.569. The summed E-state index contributed by atoms with van der Waals surface area (Å²) in [6.07, 6.45) is 0.0130. The lowest BCUT2D eigenvalue weighted by molar-refractivity contribution is 0.241. The summed E-state index contributed by atoms with van der Waals surface area (Å²) < 4.78 is 5.98. The topological polar surface area (TPSA) is 69.0 Å². The van der Waals surface area contributed by atoms with E-state index in [1.807, 2.05) is 51.1 Å². The molecular formula is C22H20N2O2S. The van der Waals surface area contributed by atoms with E-state index in [1.54, 1.807) is 18.2 Å². The molecule has 5 heteroatoms. The predicted molar refractivity (Wildman–Crippen MR) is 109 cm³/mol. The van der Waals surface area contributed by atoms with Crippen LogP contribution in [0, 0.1) is 22.9 Å². The van der Waals surface area contributed by atoms with E-state index in [2.05, 4.69) is 11.1 Å². The molecule has 0 atom stereocenters. The highest BCUT2D eigenvalue weighted by Gasteiger charge is 2.15. The molecule has 0 aliphatic rings. The fourth-order valence-corrected chi connectivity index (χ4v) is 3.06. The Bertz CT molecular complexity index is 1080. The van der Waals surface area contributed by atoms with Crippen LogP contribution in [0.4, 0.5) is 0 Å². The minimum atomic E-state index is 0.0130. The van der Waals surface area contributed by atoms with Gasteiger partial charge in [0.15, 0.2) is 0 Å². The minimum Gasteiger partial charge on any atom is -0.507 e. The van der Waals surface area contributed by atoms with E-state index in [1.165, 1.54) is 0 Å². The Morgan fingerprint density at radius 3 is 2.37 bits per heavy atom. The number of benzene rings is 2. The standard InChI is InChI=1S/C22H20N2O2S/c1-13(2)26-17-8-9-18(20(25)11-17)21-19(10-16(12-23)22(27)24-21)15-6-4-14(3)5-7-15/h4-11,13,25H,1-3H3,(H,24,27). The number of phenols is 1. The van der Waals surface area contributed by atoms with Gasteiger partial charge in [-0.25, -0.2) is 0 Å². The molecule has 27 heavy (non-hydrogen) atoms. The van der Waals surface area contributed by atoms with Crippen LogP contribution in [0.5, 0.6) is 11.5 Å². The zero-order valence-electron chi connectivity index (χ0n) is 15.4. The third kappa shape index (κ3) is 4.02. The maximum Gasteiger partial charge on any atom is 0.128 e. The van der Waals surface area contributed by atoms with Crippen molar-refractivity contribution in [1.29, 1.82) is 5.26 Å². The first-order chi connectivity index (χ1) is 12.9. The number of hydrogen-bond donors (Lipinski definition) is 2. The highest BCUT2D eigenvalue weighted by Crippen LogP contribution is 2.38. The fourth-order valence-electron chi connectivity index (χ4n) is 2.85. The summed E-state index contributed by atoms with van der Waals surface area (Å²) in [6, 6.07) is 17.1. The second-order valence-electron chi connectivity index (χ2n) is 6.62. The van der Waals surface area contributed by atoms with E-state index >= 15 is 0 Å². The number of aryl methyl sites for hydroxylation is 1. The molecule has 136 valence electrons. The smallest absolute Gasteiger partial charge is 0.128 e. The number of pyridine rings is 1. The van der Waals surface area contributed by atoms with Gasteiger partial charge in [-0.2, -0.15) is 5.26 Å². The molecule has 0 unspecified atom stereocenters. The van der Waals surface area contributed by atoms with Gasteiger partial charge in [0.05, 0.1) is 17.4 Å². The van der Waals surface area contributed by atoms with Crippen LogP contribution in [0.2, 0.25) is 0 Å². The molecule has 0 amide bonds. The molecule has 4 nitrogen and oxygen atoms in total. The maximum atomic E-state index is 10.6. The van der Waals surface area contributed by atoms with E-state index in [0.29, 0.717) is 27.2 Å². The second kappa shape index (κ2) is 7.65. The lowest BCUT2D eigenvalue weighted by Crippen LogP contribution is -2.05. The van der Waals surface area contributed by atoms with Crippen LogP contribution < -0.4 is 4.74 Å². The van der Waals surface area contributed by atoms with Crippen LogP contribution in [0.15, 0.2) is 48.5 Å². The van der Waals surface area contributed by atoms with Crippen LogP contribution in [0.25, 0.3) is 22.4 Å². The van der Waals surface area contributed by atoms with Crippen LogP contribution >= 0.6 is 12.2 Å². The molecule has 3 rings (SSSR count). The van der Waals surface area contributed by atoms with Crippen LogP contribution in [-0.4, -0.2) is 16.2 Å². The summed E-state index contributed by atoms with van der Waals surface area (Å²) in [4.78, 5) is 3.12. The van der Waals surface area contributed by atoms with Gasteiger partial charge in [-0.15, -0.1) is 0 Å². The molecule has 2 aromatic carbocycles. The van der Waals surface area contributed by atoms with Gasteiger partial charge in [0.25, 0.3) is 0 Å². The molecule has 0 spiro atoms. The van der Waals surface area contributed by atoms with Crippen LogP contribution in [0.3, 0.4) is 0 Å². The van der Waals surface area contributed by atoms with Gasteiger partial charge in [0.2, 0.25) is 0 Å². The Labute approximate surface area is 163 Å². The molecule has 2 N–H and O–H groups in total. The van der Waals surface area contributed by atoms with Crippen molar-refractivity contribution in [3.63, 3.8) is 0 Å². The van der Waals surface area contributed by atoms with E-state index < -0.39 is 0 Å². The lowest BCUT2D eigenvalue weighted by atomic mass is 9.97. The molecule has 0 saturated carbocycles. The molecule has 0 aliphatic heterocycles. The summed E-state index contributed by atoms with van der Waals surface area (Å²) in [5.41, 5.74) is 4.52. The maximum absolute atomic E-state index is 10.6. The van der Waals surface area contributed by atoms with E-state index in [9.17, 15) is 10.4 Å². The van der Waals surface area contributed by atoms with Gasteiger partial charge in [0.1, 0.15) is 22.2 Å². The normalized spacial score (nSPS) is 10.6. The first-order valence-corrected chi connectivity index (χ1v) is 9.04. The first-order valence-electron chi connectivity index (χ1n) is 8.63. The van der Waals surface area contributed by atoms with Gasteiger partial charge in [-0.1, -0.05) is 42.0 Å². The molecule has 0 aliphatic carbocycles. The number of rotatable bonds is 4. The number of H-pyrrole nitrogens is 1. The van der Waals surface area contributed by atoms with Crippen molar-refractivity contribution in [3.05, 3.63) is 64.3 Å². The third-order valence-electron chi connectivity index (χ3n) is 4.13. The number of aromatic amines is 1. The summed E-state index contributed by atoms with van der Waals surface area (Å²) in [7, 11) is 0. The molecule has 3 aromatic rings. The largest absolute Gasteiger partial charge is 0.507 e. The summed E-state index contributed by atoms with van der Waals surface area (Å²) >= 11 is 5.31. The second-order valence-corrected chi connectivity index (χ2v) is 7.03. The number of nitrogens with zero attached hydrogens (tertiary/aromatic N) is 1. The van der Waals surface area contributed by atoms with Crippen molar-refractivity contribution in [2.75, 3.05) is 0 Å². The van der Waals surface area contributed by atoms with Crippen molar-refractivity contribution in [1.82, 2.24) is 4.98 Å². The number of hydrogen-bond acceptors (Lipinski definition) is 4. The van der Waals surface area contributed by atoms with Crippen molar-refractivity contribution >= 4 is 12.2 Å². The SMILES string of the molecule is Cc1ccc(-c2cc(C#N)c(=S)[nH]c2-c2ccc(OC(C)C)cc2O)cc1. The zero-order chi connectivity index (χ0) is 19.6. The monoisotopic (exact) mass is 376 g/mol. The number of aromatic nitrogens is 1. The third-order valence-corrected chi connectivity index (χ3v) is 4.46. The summed E-state index contributed by atoms with van der Waals surface area (Å²) in [5, 5.41) is 20.0. The molecule has 0 fully saturated rings. The van der Waals surface area contributed by atoms with Gasteiger partial charge < -0.3 is 14.8 Å². The van der Waals surface area contributed by atoms with Crippen molar-refractivity contribution < 1.29 is 9.84 Å². The Morgan fingerprint density at radius 2 is 1.78 bits per heavy atom.